The summed E-state index contributed by atoms with van der Waals surface area (Å²) in [4.78, 5) is 14.6. The number of ether oxygens (including phenoxy) is 1. The maximum atomic E-state index is 13.0. The van der Waals surface area contributed by atoms with Gasteiger partial charge in [-0.05, 0) is 18.6 Å². The summed E-state index contributed by atoms with van der Waals surface area (Å²) in [6, 6.07) is 2.98. The minimum absolute atomic E-state index is 0.00635. The predicted octanol–water partition coefficient (Wildman–Crippen LogP) is 1.52. The van der Waals surface area contributed by atoms with Gasteiger partial charge in [-0.1, -0.05) is 13.3 Å². The van der Waals surface area contributed by atoms with Crippen LogP contribution in [0.5, 0.6) is 5.75 Å². The number of nitrogens with zero attached hydrogens (tertiary/aromatic N) is 1. The van der Waals surface area contributed by atoms with Gasteiger partial charge in [0.05, 0.1) is 0 Å². The fraction of sp³-hybridized carbons (Fsp3) is 0.455. The molecule has 0 unspecified atom stereocenters. The molecule has 4 nitrogen and oxygen atoms in total. The van der Waals surface area contributed by atoms with E-state index in [1.807, 2.05) is 6.92 Å². The summed E-state index contributed by atoms with van der Waals surface area (Å²) in [5.41, 5.74) is 0. The molecule has 0 bridgehead atoms. The lowest BCUT2D eigenvalue weighted by atomic mass is 10.3. The fourth-order valence-corrected chi connectivity index (χ4v) is 1.08. The number of halogens is 1. The lowest BCUT2D eigenvalue weighted by Gasteiger charge is -2.06. The first kappa shape index (κ1) is 12.4. The maximum absolute atomic E-state index is 13.0. The van der Waals surface area contributed by atoms with Gasteiger partial charge in [0.2, 0.25) is 0 Å². The second kappa shape index (κ2) is 6.76. The molecule has 0 aliphatic rings. The summed E-state index contributed by atoms with van der Waals surface area (Å²) in [6.45, 7) is 2.47. The Morgan fingerprint density at radius 2 is 2.44 bits per heavy atom. The van der Waals surface area contributed by atoms with E-state index in [4.69, 9.17) is 4.74 Å². The average molecular weight is 226 g/mol. The van der Waals surface area contributed by atoms with Crippen molar-refractivity contribution in [3.05, 3.63) is 24.3 Å². The monoisotopic (exact) mass is 226 g/mol. The molecule has 1 amide bonds. The molecule has 1 rings (SSSR count). The first-order valence-corrected chi connectivity index (χ1v) is 5.24. The third kappa shape index (κ3) is 4.25. The molecule has 0 spiro atoms. The van der Waals surface area contributed by atoms with Gasteiger partial charge in [0.25, 0.3) is 11.9 Å². The maximum Gasteiger partial charge on any atom is 0.257 e. The molecule has 0 aliphatic carbocycles. The van der Waals surface area contributed by atoms with Crippen LogP contribution in [-0.4, -0.2) is 24.0 Å². The van der Waals surface area contributed by atoms with Gasteiger partial charge in [-0.3, -0.25) is 4.79 Å². The molecule has 1 heterocycles. The molecule has 5 heteroatoms. The number of aromatic nitrogens is 1. The van der Waals surface area contributed by atoms with E-state index in [0.29, 0.717) is 6.54 Å². The van der Waals surface area contributed by atoms with Gasteiger partial charge in [0.1, 0.15) is 0 Å². The zero-order valence-corrected chi connectivity index (χ0v) is 9.20. The zero-order valence-electron chi connectivity index (χ0n) is 9.20. The number of amides is 1. The Hall–Kier alpha value is -1.65. The van der Waals surface area contributed by atoms with Crippen molar-refractivity contribution in [2.75, 3.05) is 13.2 Å². The summed E-state index contributed by atoms with van der Waals surface area (Å²) < 4.78 is 18.0. The molecule has 0 saturated carbocycles. The molecule has 0 aliphatic heterocycles. The van der Waals surface area contributed by atoms with E-state index in [0.717, 1.165) is 12.8 Å². The topological polar surface area (TPSA) is 51.2 Å². The van der Waals surface area contributed by atoms with Crippen LogP contribution in [0.15, 0.2) is 18.3 Å². The molecule has 1 aromatic heterocycles. The van der Waals surface area contributed by atoms with Crippen LogP contribution in [0.4, 0.5) is 4.39 Å². The number of carbonyl (C=O) groups is 1. The number of carbonyl (C=O) groups excluding carboxylic acids is 1. The Morgan fingerprint density at radius 1 is 1.62 bits per heavy atom. The molecule has 1 aromatic rings. The van der Waals surface area contributed by atoms with Crippen molar-refractivity contribution in [2.24, 2.45) is 0 Å². The van der Waals surface area contributed by atoms with Gasteiger partial charge in [-0.15, -0.1) is 0 Å². The Morgan fingerprint density at radius 3 is 3.12 bits per heavy atom. The molecule has 16 heavy (non-hydrogen) atoms. The van der Waals surface area contributed by atoms with Gasteiger partial charge in [0, 0.05) is 12.7 Å². The van der Waals surface area contributed by atoms with Crippen molar-refractivity contribution in [3.63, 3.8) is 0 Å². The molecule has 0 saturated heterocycles. The van der Waals surface area contributed by atoms with Crippen LogP contribution in [0.25, 0.3) is 0 Å². The normalized spacial score (nSPS) is 9.88. The predicted molar refractivity (Wildman–Crippen MR) is 57.6 cm³/mol. The Kier molecular flexibility index (Phi) is 5.25. The van der Waals surface area contributed by atoms with E-state index in [9.17, 15) is 9.18 Å². The summed E-state index contributed by atoms with van der Waals surface area (Å²) in [6.07, 6.45) is 3.26. The van der Waals surface area contributed by atoms with Crippen LogP contribution in [0, 0.1) is 5.95 Å². The van der Waals surface area contributed by atoms with Crippen molar-refractivity contribution in [2.45, 2.75) is 19.8 Å². The van der Waals surface area contributed by atoms with E-state index in [1.54, 1.807) is 6.07 Å². The van der Waals surface area contributed by atoms with Crippen LogP contribution in [0.3, 0.4) is 0 Å². The van der Waals surface area contributed by atoms with Crippen LogP contribution in [-0.2, 0) is 4.79 Å². The number of hydrogen-bond donors (Lipinski definition) is 1. The van der Waals surface area contributed by atoms with E-state index in [-0.39, 0.29) is 18.3 Å². The lowest BCUT2D eigenvalue weighted by molar-refractivity contribution is -0.123. The van der Waals surface area contributed by atoms with Crippen LogP contribution in [0.2, 0.25) is 0 Å². The van der Waals surface area contributed by atoms with Crippen LogP contribution in [0.1, 0.15) is 19.8 Å². The first-order valence-electron chi connectivity index (χ1n) is 5.24. The first-order chi connectivity index (χ1) is 7.74. The Balaban J connectivity index is 2.29. The van der Waals surface area contributed by atoms with E-state index < -0.39 is 5.95 Å². The second-order valence-corrected chi connectivity index (χ2v) is 3.28. The van der Waals surface area contributed by atoms with Crippen LogP contribution < -0.4 is 10.1 Å². The SMILES string of the molecule is CCCCNC(=O)COc1cccnc1F. The van der Waals surface area contributed by atoms with Gasteiger partial charge in [-0.25, -0.2) is 4.98 Å². The van der Waals surface area contributed by atoms with E-state index in [2.05, 4.69) is 10.3 Å². The molecule has 1 N–H and O–H groups in total. The summed E-state index contributed by atoms with van der Waals surface area (Å²) >= 11 is 0. The number of pyridine rings is 1. The molecule has 0 aromatic carbocycles. The molecule has 0 atom stereocenters. The van der Waals surface area contributed by atoms with Crippen LogP contribution >= 0.6 is 0 Å². The highest BCUT2D eigenvalue weighted by atomic mass is 19.1. The highest BCUT2D eigenvalue weighted by Gasteiger charge is 2.06. The van der Waals surface area contributed by atoms with E-state index >= 15 is 0 Å². The van der Waals surface area contributed by atoms with Crippen molar-refractivity contribution in [1.82, 2.24) is 10.3 Å². The lowest BCUT2D eigenvalue weighted by Crippen LogP contribution is -2.29. The zero-order chi connectivity index (χ0) is 11.8. The Bertz CT molecular complexity index is 345. The van der Waals surface area contributed by atoms with Crippen molar-refractivity contribution >= 4 is 5.91 Å². The highest BCUT2D eigenvalue weighted by Crippen LogP contribution is 2.12. The summed E-state index contributed by atoms with van der Waals surface area (Å²) in [5, 5.41) is 2.67. The largest absolute Gasteiger partial charge is 0.479 e. The summed E-state index contributed by atoms with van der Waals surface area (Å²) in [5.74, 6) is -0.964. The highest BCUT2D eigenvalue weighted by molar-refractivity contribution is 5.77. The third-order valence-electron chi connectivity index (χ3n) is 1.94. The Labute approximate surface area is 93.8 Å². The third-order valence-corrected chi connectivity index (χ3v) is 1.94. The number of rotatable bonds is 6. The molecular weight excluding hydrogens is 211 g/mol. The second-order valence-electron chi connectivity index (χ2n) is 3.28. The van der Waals surface area contributed by atoms with Gasteiger partial charge < -0.3 is 10.1 Å². The number of hydrogen-bond acceptors (Lipinski definition) is 3. The van der Waals surface area contributed by atoms with Gasteiger partial charge in [-0.2, -0.15) is 4.39 Å². The minimum atomic E-state index is -0.705. The smallest absolute Gasteiger partial charge is 0.257 e. The molecular formula is C11H15FN2O2. The average Bonchev–Trinajstić information content (AvgIpc) is 2.28. The fourth-order valence-electron chi connectivity index (χ4n) is 1.08. The standard InChI is InChI=1S/C11H15FN2O2/c1-2-3-6-13-10(15)8-16-9-5-4-7-14-11(9)12/h4-5,7H,2-3,6,8H2,1H3,(H,13,15). The molecule has 0 fully saturated rings. The van der Waals surface area contributed by atoms with Crippen molar-refractivity contribution in [1.29, 1.82) is 0 Å². The van der Waals surface area contributed by atoms with E-state index in [1.165, 1.54) is 12.3 Å². The van der Waals surface area contributed by atoms with Crippen molar-refractivity contribution in [3.8, 4) is 5.75 Å². The summed E-state index contributed by atoms with van der Waals surface area (Å²) in [7, 11) is 0. The number of unbranched alkanes of at least 4 members (excludes halogenated alkanes) is 1. The van der Waals surface area contributed by atoms with Gasteiger partial charge in [0.15, 0.2) is 12.4 Å². The molecule has 88 valence electrons. The van der Waals surface area contributed by atoms with Crippen molar-refractivity contribution < 1.29 is 13.9 Å². The number of nitrogens with one attached hydrogen (secondary N) is 1. The van der Waals surface area contributed by atoms with Gasteiger partial charge >= 0.3 is 0 Å². The minimum Gasteiger partial charge on any atom is -0.479 e. The quantitative estimate of drug-likeness (QED) is 0.591. The molecule has 0 radical (unpaired) electrons.